The van der Waals surface area contributed by atoms with Crippen LogP contribution < -0.4 is 5.32 Å². The first-order chi connectivity index (χ1) is 9.19. The highest BCUT2D eigenvalue weighted by Crippen LogP contribution is 2.29. The van der Waals surface area contributed by atoms with Gasteiger partial charge in [-0.2, -0.15) is 20.9 Å². The van der Waals surface area contributed by atoms with Crippen molar-refractivity contribution < 1.29 is 5.11 Å². The highest BCUT2D eigenvalue weighted by Gasteiger charge is 2.10. The molecule has 2 aromatic rings. The summed E-state index contributed by atoms with van der Waals surface area (Å²) in [6, 6.07) is 7.90. The van der Waals surface area contributed by atoms with Gasteiger partial charge in [-0.3, -0.25) is 5.10 Å². The van der Waals surface area contributed by atoms with Gasteiger partial charge in [-0.1, -0.05) is 0 Å². The third kappa shape index (κ3) is 2.14. The number of allylic oxidation sites excluding steroid dienone is 2. The van der Waals surface area contributed by atoms with Gasteiger partial charge in [0.2, 0.25) is 0 Å². The van der Waals surface area contributed by atoms with E-state index in [1.165, 1.54) is 18.3 Å². The fraction of sp³-hybridized carbons (Fsp3) is 0. The molecule has 0 fully saturated rings. The highest BCUT2D eigenvalue weighted by molar-refractivity contribution is 5.85. The molecule has 3 N–H and O–H groups in total. The molecule has 0 aliphatic rings. The third-order valence-electron chi connectivity index (χ3n) is 2.40. The number of nitrogens with zero attached hydrogens (tertiary/aromatic N) is 4. The van der Waals surface area contributed by atoms with Crippen LogP contribution in [0, 0.1) is 34.0 Å². The van der Waals surface area contributed by atoms with Gasteiger partial charge in [0.05, 0.1) is 17.4 Å². The van der Waals surface area contributed by atoms with Crippen LogP contribution in [0.15, 0.2) is 29.6 Å². The summed E-state index contributed by atoms with van der Waals surface area (Å²) >= 11 is 0. The predicted octanol–water partition coefficient (Wildman–Crippen LogP) is 1.51. The van der Waals surface area contributed by atoms with Crippen LogP contribution in [0.1, 0.15) is 0 Å². The van der Waals surface area contributed by atoms with E-state index in [9.17, 15) is 5.11 Å². The lowest BCUT2D eigenvalue weighted by molar-refractivity contribution is 0.478. The molecule has 7 heteroatoms. The predicted molar refractivity (Wildman–Crippen MR) is 65.2 cm³/mol. The second-order valence-corrected chi connectivity index (χ2v) is 3.54. The number of hydrogen-bond acceptors (Lipinski definition) is 6. The van der Waals surface area contributed by atoms with Crippen molar-refractivity contribution >= 4 is 16.6 Å². The lowest BCUT2D eigenvalue weighted by Gasteiger charge is -2.07. The van der Waals surface area contributed by atoms with Crippen LogP contribution >= 0.6 is 0 Å². The van der Waals surface area contributed by atoms with Gasteiger partial charge >= 0.3 is 0 Å². The number of aromatic hydroxyl groups is 1. The number of fused-ring (bicyclic) bond motifs is 1. The first-order valence-electron chi connectivity index (χ1n) is 5.07. The molecule has 90 valence electrons. The Balaban J connectivity index is 2.50. The smallest absolute Gasteiger partial charge is 0.163 e. The minimum Gasteiger partial charge on any atom is -0.506 e. The monoisotopic (exact) mass is 250 g/mol. The summed E-state index contributed by atoms with van der Waals surface area (Å²) in [6.45, 7) is 0. The lowest BCUT2D eigenvalue weighted by atomic mass is 10.2. The molecule has 0 spiro atoms. The second kappa shape index (κ2) is 4.79. The summed E-state index contributed by atoms with van der Waals surface area (Å²) in [5.74, 6) is -0.114. The van der Waals surface area contributed by atoms with Crippen LogP contribution in [-0.4, -0.2) is 15.3 Å². The van der Waals surface area contributed by atoms with Gasteiger partial charge in [0.25, 0.3) is 0 Å². The molecule has 1 heterocycles. The fourth-order valence-electron chi connectivity index (χ4n) is 1.50. The Hall–Kier alpha value is -3.50. The number of aromatic nitrogens is 2. The molecule has 19 heavy (non-hydrogen) atoms. The maximum absolute atomic E-state index is 9.80. The van der Waals surface area contributed by atoms with E-state index >= 15 is 0 Å². The standard InChI is InChI=1S/C12H6N6O/c13-3-8(4-14)11(5-15)17-10-2-9-7(1-12(10)19)6-16-18-9/h1-2,6,17,19H,(H,16,18). The van der Waals surface area contributed by atoms with E-state index in [0.29, 0.717) is 10.9 Å². The fourth-order valence-corrected chi connectivity index (χ4v) is 1.50. The van der Waals surface area contributed by atoms with E-state index in [-0.39, 0.29) is 22.7 Å². The van der Waals surface area contributed by atoms with E-state index in [1.807, 2.05) is 0 Å². The van der Waals surface area contributed by atoms with Crippen LogP contribution in [0.25, 0.3) is 10.9 Å². The molecular formula is C12H6N6O. The molecule has 0 amide bonds. The summed E-state index contributed by atoms with van der Waals surface area (Å²) in [5.41, 5.74) is 0.273. The molecule has 0 radical (unpaired) electrons. The van der Waals surface area contributed by atoms with Crippen molar-refractivity contribution in [3.8, 4) is 24.0 Å². The normalized spacial score (nSPS) is 9.11. The summed E-state index contributed by atoms with van der Waals surface area (Å²) < 4.78 is 0. The number of aromatic amines is 1. The van der Waals surface area contributed by atoms with Gasteiger partial charge < -0.3 is 10.4 Å². The summed E-state index contributed by atoms with van der Waals surface area (Å²) in [6.07, 6.45) is 1.54. The number of phenolic OH excluding ortho intramolecular Hbond substituents is 1. The third-order valence-corrected chi connectivity index (χ3v) is 2.40. The Morgan fingerprint density at radius 2 is 1.95 bits per heavy atom. The number of anilines is 1. The number of rotatable bonds is 2. The average molecular weight is 250 g/mol. The number of nitriles is 3. The number of benzene rings is 1. The Labute approximate surface area is 107 Å². The van der Waals surface area contributed by atoms with E-state index in [2.05, 4.69) is 15.5 Å². The second-order valence-electron chi connectivity index (χ2n) is 3.54. The maximum Gasteiger partial charge on any atom is 0.163 e. The Morgan fingerprint density at radius 1 is 1.21 bits per heavy atom. The summed E-state index contributed by atoms with van der Waals surface area (Å²) in [7, 11) is 0. The highest BCUT2D eigenvalue weighted by atomic mass is 16.3. The van der Waals surface area contributed by atoms with Gasteiger partial charge in [-0.15, -0.1) is 0 Å². The first-order valence-corrected chi connectivity index (χ1v) is 5.07. The molecule has 7 nitrogen and oxygen atoms in total. The van der Waals surface area contributed by atoms with Crippen molar-refractivity contribution in [2.75, 3.05) is 5.32 Å². The molecule has 0 saturated carbocycles. The van der Waals surface area contributed by atoms with E-state index < -0.39 is 0 Å². The quantitative estimate of drug-likeness (QED) is 0.546. The largest absolute Gasteiger partial charge is 0.506 e. The molecule has 0 aliphatic heterocycles. The van der Waals surface area contributed by atoms with E-state index in [4.69, 9.17) is 15.8 Å². The van der Waals surface area contributed by atoms with Crippen molar-refractivity contribution in [2.24, 2.45) is 0 Å². The maximum atomic E-state index is 9.80. The molecule has 1 aromatic heterocycles. The minimum atomic E-state index is -0.355. The molecule has 1 aromatic carbocycles. The lowest BCUT2D eigenvalue weighted by Crippen LogP contribution is -2.00. The zero-order chi connectivity index (χ0) is 13.8. The van der Waals surface area contributed by atoms with Crippen molar-refractivity contribution in [2.45, 2.75) is 0 Å². The summed E-state index contributed by atoms with van der Waals surface area (Å²) in [4.78, 5) is 0. The van der Waals surface area contributed by atoms with Gasteiger partial charge in [-0.25, -0.2) is 0 Å². The number of hydrogen-bond donors (Lipinski definition) is 3. The van der Waals surface area contributed by atoms with Gasteiger partial charge in [-0.05, 0) is 12.1 Å². The van der Waals surface area contributed by atoms with Crippen LogP contribution in [0.5, 0.6) is 5.75 Å². The number of H-pyrrole nitrogens is 1. The van der Waals surface area contributed by atoms with Crippen molar-refractivity contribution in [3.63, 3.8) is 0 Å². The van der Waals surface area contributed by atoms with E-state index in [0.717, 1.165) is 0 Å². The summed E-state index contributed by atoms with van der Waals surface area (Å²) in [5, 5.41) is 45.9. The molecule has 0 atom stereocenters. The SMILES string of the molecule is N#CC(C#N)=C(C#N)Nc1cc2[nH]ncc2cc1O. The first kappa shape index (κ1) is 12.0. The molecule has 0 saturated heterocycles. The van der Waals surface area contributed by atoms with Crippen LogP contribution in [0.4, 0.5) is 5.69 Å². The molecule has 0 aliphatic carbocycles. The Kier molecular flexibility index (Phi) is 3.01. The van der Waals surface area contributed by atoms with Gasteiger partial charge in [0, 0.05) is 5.39 Å². The minimum absolute atomic E-state index is 0.114. The van der Waals surface area contributed by atoms with Crippen molar-refractivity contribution in [1.29, 1.82) is 15.8 Å². The Morgan fingerprint density at radius 3 is 2.58 bits per heavy atom. The van der Waals surface area contributed by atoms with Crippen molar-refractivity contribution in [3.05, 3.63) is 29.6 Å². The van der Waals surface area contributed by atoms with Crippen LogP contribution in [0.3, 0.4) is 0 Å². The number of nitrogens with one attached hydrogen (secondary N) is 2. The van der Waals surface area contributed by atoms with Crippen molar-refractivity contribution in [1.82, 2.24) is 10.2 Å². The Bertz CT molecular complexity index is 780. The van der Waals surface area contributed by atoms with E-state index in [1.54, 1.807) is 18.2 Å². The zero-order valence-electron chi connectivity index (χ0n) is 9.47. The average Bonchev–Trinajstić information content (AvgIpc) is 2.85. The molecule has 0 unspecified atom stereocenters. The van der Waals surface area contributed by atoms with Crippen LogP contribution in [0.2, 0.25) is 0 Å². The molecular weight excluding hydrogens is 244 g/mol. The molecule has 2 rings (SSSR count). The topological polar surface area (TPSA) is 132 Å². The molecule has 0 bridgehead atoms. The van der Waals surface area contributed by atoms with Crippen LogP contribution in [-0.2, 0) is 0 Å². The van der Waals surface area contributed by atoms with Gasteiger partial charge in [0.15, 0.2) is 5.57 Å². The number of phenols is 1. The van der Waals surface area contributed by atoms with Gasteiger partial charge in [0.1, 0.15) is 29.7 Å². The zero-order valence-corrected chi connectivity index (χ0v) is 9.47.